The molecule has 1 aromatic carbocycles. The van der Waals surface area contributed by atoms with Crippen LogP contribution < -0.4 is 5.56 Å². The summed E-state index contributed by atoms with van der Waals surface area (Å²) in [7, 11) is -3.13. The molecule has 1 atom stereocenters. The average molecular weight is 403 g/mol. The van der Waals surface area contributed by atoms with Crippen LogP contribution >= 0.6 is 0 Å². The van der Waals surface area contributed by atoms with Gasteiger partial charge in [0.2, 0.25) is 5.78 Å². The monoisotopic (exact) mass is 403 g/mol. The number of rotatable bonds is 5. The molecule has 0 saturated heterocycles. The number of hydrogen-bond acceptors (Lipinski definition) is 5. The van der Waals surface area contributed by atoms with Crippen molar-refractivity contribution in [2.75, 3.05) is 6.26 Å². The second-order valence-corrected chi connectivity index (χ2v) is 9.86. The van der Waals surface area contributed by atoms with Gasteiger partial charge < -0.3 is 4.57 Å². The Morgan fingerprint density at radius 2 is 2.07 bits per heavy atom. The van der Waals surface area contributed by atoms with Gasteiger partial charge >= 0.3 is 0 Å². The van der Waals surface area contributed by atoms with Crippen molar-refractivity contribution < 1.29 is 8.60 Å². The summed E-state index contributed by atoms with van der Waals surface area (Å²) in [6, 6.07) is 4.33. The zero-order valence-electron chi connectivity index (χ0n) is 16.0. The Morgan fingerprint density at radius 3 is 2.64 bits per heavy atom. The summed E-state index contributed by atoms with van der Waals surface area (Å²) < 4.78 is 36.9. The molecule has 1 N–H and O–H groups in total. The molecular formula is C19H22FN5O2S. The minimum absolute atomic E-state index is 0.00363. The van der Waals surface area contributed by atoms with E-state index >= 15 is 0 Å². The molecular weight excluding hydrogens is 381 g/mol. The van der Waals surface area contributed by atoms with Crippen LogP contribution in [0.1, 0.15) is 55.5 Å². The normalized spacial score (nSPS) is 16.6. The number of nitrogens with one attached hydrogen (secondary N) is 1. The molecule has 1 aliphatic carbocycles. The van der Waals surface area contributed by atoms with Gasteiger partial charge in [-0.3, -0.25) is 4.79 Å². The molecule has 2 heterocycles. The number of aromatic nitrogens is 4. The molecule has 0 amide bonds. The maximum atomic E-state index is 14.4. The smallest absolute Gasteiger partial charge is 0.279 e. The summed E-state index contributed by atoms with van der Waals surface area (Å²) in [4.78, 5) is 17.2. The molecule has 0 spiro atoms. The first-order chi connectivity index (χ1) is 13.1. The number of fused-ring (bicyclic) bond motifs is 1. The highest BCUT2D eigenvalue weighted by atomic mass is 32.2. The number of nitrogens with zero attached hydrogens (tertiary/aromatic N) is 4. The van der Waals surface area contributed by atoms with Crippen molar-refractivity contribution in [3.8, 4) is 0 Å². The molecule has 3 aromatic rings. The van der Waals surface area contributed by atoms with Crippen LogP contribution in [-0.2, 0) is 16.3 Å². The van der Waals surface area contributed by atoms with Crippen molar-refractivity contribution in [2.24, 2.45) is 0 Å². The molecule has 1 aliphatic rings. The van der Waals surface area contributed by atoms with E-state index in [0.29, 0.717) is 28.6 Å². The molecule has 28 heavy (non-hydrogen) atoms. The lowest BCUT2D eigenvalue weighted by Crippen LogP contribution is -2.24. The second-order valence-electron chi connectivity index (χ2n) is 7.74. The first-order valence-corrected chi connectivity index (χ1v) is 11.1. The van der Waals surface area contributed by atoms with Crippen LogP contribution in [0.4, 0.5) is 4.39 Å². The third kappa shape index (κ3) is 3.34. The van der Waals surface area contributed by atoms with Crippen LogP contribution in [0, 0.1) is 10.6 Å². The van der Waals surface area contributed by atoms with Crippen molar-refractivity contribution in [3.05, 3.63) is 57.5 Å². The maximum Gasteiger partial charge on any atom is 0.279 e. The van der Waals surface area contributed by atoms with Gasteiger partial charge in [-0.05, 0) is 36.5 Å². The largest absolute Gasteiger partial charge is 0.312 e. The highest BCUT2D eigenvalue weighted by Gasteiger charge is 2.29. The first kappa shape index (κ1) is 18.8. The summed E-state index contributed by atoms with van der Waals surface area (Å²) in [5.74, 6) is 0.751. The van der Waals surface area contributed by atoms with Gasteiger partial charge in [-0.1, -0.05) is 19.9 Å². The van der Waals surface area contributed by atoms with Gasteiger partial charge in [-0.25, -0.2) is 13.4 Å². The van der Waals surface area contributed by atoms with Gasteiger partial charge in [-0.2, -0.15) is 9.50 Å². The van der Waals surface area contributed by atoms with E-state index in [4.69, 9.17) is 4.78 Å². The zero-order valence-corrected chi connectivity index (χ0v) is 16.8. The number of benzene rings is 1. The van der Waals surface area contributed by atoms with Gasteiger partial charge in [0.05, 0.1) is 21.2 Å². The zero-order chi connectivity index (χ0) is 20.2. The van der Waals surface area contributed by atoms with E-state index in [2.05, 4.69) is 10.1 Å². The van der Waals surface area contributed by atoms with Crippen LogP contribution in [0.2, 0.25) is 0 Å². The Morgan fingerprint density at radius 1 is 1.36 bits per heavy atom. The van der Waals surface area contributed by atoms with E-state index in [0.717, 1.165) is 12.8 Å². The quantitative estimate of drug-likeness (QED) is 0.708. The van der Waals surface area contributed by atoms with Crippen LogP contribution in [0.25, 0.3) is 5.78 Å². The molecule has 0 radical (unpaired) electrons. The number of hydrogen-bond donors (Lipinski definition) is 1. The maximum absolute atomic E-state index is 14.4. The number of halogens is 1. The van der Waals surface area contributed by atoms with Gasteiger partial charge in [0, 0.05) is 23.9 Å². The predicted octanol–water partition coefficient (Wildman–Crippen LogP) is 3.11. The Kier molecular flexibility index (Phi) is 4.37. The van der Waals surface area contributed by atoms with Crippen molar-refractivity contribution in [2.45, 2.75) is 50.0 Å². The molecule has 4 rings (SSSR count). The Labute approximate surface area is 162 Å². The molecule has 1 fully saturated rings. The molecule has 2 aromatic heterocycles. The van der Waals surface area contributed by atoms with Crippen molar-refractivity contribution in [1.29, 1.82) is 4.78 Å². The summed E-state index contributed by atoms with van der Waals surface area (Å²) in [6.07, 6.45) is 5.00. The third-order valence-electron chi connectivity index (χ3n) is 4.93. The van der Waals surface area contributed by atoms with Gasteiger partial charge in [-0.15, -0.1) is 5.10 Å². The van der Waals surface area contributed by atoms with E-state index in [1.165, 1.54) is 22.9 Å². The fourth-order valence-electron chi connectivity index (χ4n) is 3.23. The van der Waals surface area contributed by atoms with Crippen molar-refractivity contribution in [3.63, 3.8) is 0 Å². The highest BCUT2D eigenvalue weighted by Crippen LogP contribution is 2.38. The Balaban J connectivity index is 1.83. The first-order valence-electron chi connectivity index (χ1n) is 9.17. The summed E-state index contributed by atoms with van der Waals surface area (Å²) in [5.41, 5.74) is 1.06. The lowest BCUT2D eigenvalue weighted by Gasteiger charge is -2.13. The molecule has 7 nitrogen and oxygen atoms in total. The predicted molar refractivity (Wildman–Crippen MR) is 104 cm³/mol. The molecule has 1 saturated carbocycles. The summed E-state index contributed by atoms with van der Waals surface area (Å²) in [6.45, 7) is 4.16. The average Bonchev–Trinajstić information content (AvgIpc) is 3.34. The van der Waals surface area contributed by atoms with Gasteiger partial charge in [0.15, 0.2) is 5.82 Å². The topological polar surface area (TPSA) is 93.1 Å². The van der Waals surface area contributed by atoms with E-state index < -0.39 is 15.5 Å². The minimum atomic E-state index is -3.13. The molecule has 0 bridgehead atoms. The van der Waals surface area contributed by atoms with Gasteiger partial charge in [0.1, 0.15) is 5.82 Å². The van der Waals surface area contributed by atoms with E-state index in [-0.39, 0.29) is 22.9 Å². The second kappa shape index (κ2) is 6.51. The fourth-order valence-corrected chi connectivity index (χ4v) is 3.99. The molecule has 148 valence electrons. The van der Waals surface area contributed by atoms with Crippen molar-refractivity contribution >= 4 is 15.5 Å². The lowest BCUT2D eigenvalue weighted by atomic mass is 10.1. The summed E-state index contributed by atoms with van der Waals surface area (Å²) >= 11 is 0. The van der Waals surface area contributed by atoms with E-state index in [1.807, 2.05) is 13.8 Å². The molecule has 1 unspecified atom stereocenters. The fraction of sp³-hybridized carbons (Fsp3) is 0.421. The van der Waals surface area contributed by atoms with E-state index in [9.17, 15) is 13.4 Å². The minimum Gasteiger partial charge on any atom is -0.312 e. The standard InChI is InChI=1S/C19H22FN5O2S/c1-11(2)14-10-24(9-12-4-7-16(15(20)8-12)28(3,21)27)19-22-17(13-5-6-13)23-25(19)18(14)26/h4,7-8,10-11,13,21H,5-6,9H2,1-3H3. The molecule has 0 aliphatic heterocycles. The van der Waals surface area contributed by atoms with Gasteiger partial charge in [0.25, 0.3) is 5.56 Å². The Hall–Kier alpha value is -2.55. The van der Waals surface area contributed by atoms with Crippen LogP contribution in [0.15, 0.2) is 34.1 Å². The van der Waals surface area contributed by atoms with Crippen molar-refractivity contribution in [1.82, 2.24) is 19.2 Å². The Bertz CT molecular complexity index is 1240. The lowest BCUT2D eigenvalue weighted by molar-refractivity contribution is 0.590. The summed E-state index contributed by atoms with van der Waals surface area (Å²) in [5, 5.41) is 4.42. The SMILES string of the molecule is CC(C)c1cn(Cc2ccc(S(C)(=N)=O)c(F)c2)c2nc(C3CC3)nn2c1=O. The van der Waals surface area contributed by atoms with Crippen LogP contribution in [0.5, 0.6) is 0 Å². The molecule has 9 heteroatoms. The van der Waals surface area contributed by atoms with Crippen LogP contribution in [-0.4, -0.2) is 29.6 Å². The third-order valence-corrected chi connectivity index (χ3v) is 6.10. The van der Waals surface area contributed by atoms with Crippen LogP contribution in [0.3, 0.4) is 0 Å². The van der Waals surface area contributed by atoms with E-state index in [1.54, 1.807) is 16.8 Å². The highest BCUT2D eigenvalue weighted by molar-refractivity contribution is 7.91.